The Morgan fingerprint density at radius 2 is 2.00 bits per heavy atom. The third kappa shape index (κ3) is 3.41. The number of rotatable bonds is 2. The molecule has 6 heteroatoms. The predicted molar refractivity (Wildman–Crippen MR) is 103 cm³/mol. The number of nitrogens with zero attached hydrogens (tertiary/aromatic N) is 2. The number of hydrazone groups is 1. The van der Waals surface area contributed by atoms with Crippen LogP contribution in [0.4, 0.5) is 0 Å². The Balaban J connectivity index is 0.00000192. The SMILES string of the molecule is CN=C(N)N/N=C(\C)c1ccc2c(c1)Cc1cccc(Br)c1-2.Cl. The molecule has 3 N–H and O–H groups in total. The maximum absolute atomic E-state index is 5.59. The van der Waals surface area contributed by atoms with Crippen LogP contribution in [0.3, 0.4) is 0 Å². The van der Waals surface area contributed by atoms with Crippen molar-refractivity contribution in [3.05, 3.63) is 57.6 Å². The van der Waals surface area contributed by atoms with Gasteiger partial charge in [0.25, 0.3) is 0 Å². The van der Waals surface area contributed by atoms with E-state index >= 15 is 0 Å². The summed E-state index contributed by atoms with van der Waals surface area (Å²) < 4.78 is 1.15. The molecule has 0 heterocycles. The van der Waals surface area contributed by atoms with E-state index in [2.05, 4.69) is 67.8 Å². The first-order valence-electron chi connectivity index (χ1n) is 7.03. The summed E-state index contributed by atoms with van der Waals surface area (Å²) in [5.74, 6) is 0.303. The fraction of sp³-hybridized carbons (Fsp3) is 0.176. The van der Waals surface area contributed by atoms with Gasteiger partial charge in [0.15, 0.2) is 0 Å². The molecule has 1 aliphatic carbocycles. The van der Waals surface area contributed by atoms with Crippen LogP contribution < -0.4 is 11.2 Å². The number of halogens is 2. The van der Waals surface area contributed by atoms with Crippen molar-refractivity contribution in [2.75, 3.05) is 7.05 Å². The van der Waals surface area contributed by atoms with Gasteiger partial charge in [0.2, 0.25) is 5.96 Å². The van der Waals surface area contributed by atoms with E-state index in [4.69, 9.17) is 5.73 Å². The molecule has 0 fully saturated rings. The number of aliphatic imine (C=N–C) groups is 1. The lowest BCUT2D eigenvalue weighted by molar-refractivity contribution is 0.997. The number of fused-ring (bicyclic) bond motifs is 3. The molecule has 2 aromatic rings. The van der Waals surface area contributed by atoms with Crippen LogP contribution >= 0.6 is 28.3 Å². The van der Waals surface area contributed by atoms with Crippen LogP contribution in [0.2, 0.25) is 0 Å². The summed E-state index contributed by atoms with van der Waals surface area (Å²) in [5, 5.41) is 4.26. The van der Waals surface area contributed by atoms with E-state index in [1.165, 1.54) is 22.3 Å². The van der Waals surface area contributed by atoms with Gasteiger partial charge in [-0.1, -0.05) is 40.2 Å². The lowest BCUT2D eigenvalue weighted by atomic mass is 10.0. The minimum atomic E-state index is 0. The highest BCUT2D eigenvalue weighted by atomic mass is 79.9. The molecule has 0 unspecified atom stereocenters. The Hall–Kier alpha value is -1.85. The zero-order valence-corrected chi connectivity index (χ0v) is 15.3. The summed E-state index contributed by atoms with van der Waals surface area (Å²) >= 11 is 3.65. The van der Waals surface area contributed by atoms with Crippen LogP contribution in [0.25, 0.3) is 11.1 Å². The standard InChI is InChI=1S/C17H17BrN4.ClH/c1-10(21-22-17(19)20-2)11-6-7-14-13(8-11)9-12-4-3-5-15(18)16(12)14;/h3-8H,9H2,1-2H3,(H3,19,20,22);1H/b21-10+;. The number of hydrogen-bond acceptors (Lipinski definition) is 2. The highest BCUT2D eigenvalue weighted by molar-refractivity contribution is 9.10. The molecule has 4 nitrogen and oxygen atoms in total. The molecule has 0 saturated carbocycles. The van der Waals surface area contributed by atoms with Crippen LogP contribution in [0.5, 0.6) is 0 Å². The van der Waals surface area contributed by atoms with Gasteiger partial charge in [0, 0.05) is 11.5 Å². The fourth-order valence-corrected chi connectivity index (χ4v) is 3.31. The summed E-state index contributed by atoms with van der Waals surface area (Å²) in [5.41, 5.74) is 15.6. The lowest BCUT2D eigenvalue weighted by Gasteiger charge is -2.07. The second kappa shape index (κ2) is 7.15. The quantitative estimate of drug-likeness (QED) is 0.396. The number of guanidine groups is 1. The second-order valence-electron chi connectivity index (χ2n) is 5.24. The minimum Gasteiger partial charge on any atom is -0.369 e. The molecule has 23 heavy (non-hydrogen) atoms. The molecule has 0 amide bonds. The largest absolute Gasteiger partial charge is 0.369 e. The molecular formula is C17H18BrClN4. The van der Waals surface area contributed by atoms with Crippen molar-refractivity contribution in [3.8, 4) is 11.1 Å². The molecule has 0 atom stereocenters. The molecular weight excluding hydrogens is 376 g/mol. The first kappa shape index (κ1) is 17.5. The Labute approximate surface area is 150 Å². The van der Waals surface area contributed by atoms with Crippen LogP contribution in [-0.2, 0) is 6.42 Å². The van der Waals surface area contributed by atoms with Gasteiger partial charge in [-0.25, -0.2) is 5.43 Å². The molecule has 120 valence electrons. The number of nitrogens with two attached hydrogens (primary N) is 1. The Bertz CT molecular complexity index is 799. The molecule has 0 saturated heterocycles. The van der Waals surface area contributed by atoms with E-state index in [0.717, 1.165) is 22.2 Å². The fourth-order valence-electron chi connectivity index (χ4n) is 2.69. The molecule has 0 aromatic heterocycles. The van der Waals surface area contributed by atoms with Crippen molar-refractivity contribution in [3.63, 3.8) is 0 Å². The highest BCUT2D eigenvalue weighted by Crippen LogP contribution is 2.41. The second-order valence-corrected chi connectivity index (χ2v) is 6.09. The molecule has 3 rings (SSSR count). The van der Waals surface area contributed by atoms with Gasteiger partial charge in [-0.3, -0.25) is 4.99 Å². The first-order valence-corrected chi connectivity index (χ1v) is 7.83. The van der Waals surface area contributed by atoms with E-state index < -0.39 is 0 Å². The Kier molecular flexibility index (Phi) is 5.44. The molecule has 1 aliphatic rings. The van der Waals surface area contributed by atoms with E-state index in [0.29, 0.717) is 5.96 Å². The van der Waals surface area contributed by atoms with Gasteiger partial charge < -0.3 is 5.73 Å². The monoisotopic (exact) mass is 392 g/mol. The Morgan fingerprint density at radius 3 is 2.74 bits per heavy atom. The first-order chi connectivity index (χ1) is 10.6. The zero-order valence-electron chi connectivity index (χ0n) is 12.9. The normalized spacial score (nSPS) is 13.2. The molecule has 0 radical (unpaired) electrons. The maximum Gasteiger partial charge on any atom is 0.209 e. The predicted octanol–water partition coefficient (Wildman–Crippen LogP) is 3.70. The van der Waals surface area contributed by atoms with E-state index in [1.54, 1.807) is 7.05 Å². The third-order valence-electron chi connectivity index (χ3n) is 3.85. The molecule has 0 bridgehead atoms. The van der Waals surface area contributed by atoms with Crippen LogP contribution in [0, 0.1) is 0 Å². The van der Waals surface area contributed by atoms with E-state index in [-0.39, 0.29) is 12.4 Å². The van der Waals surface area contributed by atoms with Gasteiger partial charge in [-0.15, -0.1) is 12.4 Å². The molecule has 0 aliphatic heterocycles. The van der Waals surface area contributed by atoms with Crippen molar-refractivity contribution < 1.29 is 0 Å². The maximum atomic E-state index is 5.59. The number of nitrogens with one attached hydrogen (secondary N) is 1. The number of hydrogen-bond donors (Lipinski definition) is 2. The van der Waals surface area contributed by atoms with E-state index in [9.17, 15) is 0 Å². The molecule has 2 aromatic carbocycles. The smallest absolute Gasteiger partial charge is 0.209 e. The van der Waals surface area contributed by atoms with Crippen molar-refractivity contribution in [2.24, 2.45) is 15.8 Å². The van der Waals surface area contributed by atoms with Gasteiger partial charge in [0.1, 0.15) is 0 Å². The van der Waals surface area contributed by atoms with Gasteiger partial charge >= 0.3 is 0 Å². The summed E-state index contributed by atoms with van der Waals surface area (Å²) in [4.78, 5) is 3.82. The van der Waals surface area contributed by atoms with Crippen molar-refractivity contribution in [2.45, 2.75) is 13.3 Å². The van der Waals surface area contributed by atoms with Gasteiger partial charge in [0.05, 0.1) is 5.71 Å². The third-order valence-corrected chi connectivity index (χ3v) is 4.51. The molecule has 0 spiro atoms. The van der Waals surface area contributed by atoms with Crippen LogP contribution in [-0.4, -0.2) is 18.7 Å². The average Bonchev–Trinajstić information content (AvgIpc) is 2.90. The van der Waals surface area contributed by atoms with Crippen LogP contribution in [0.1, 0.15) is 23.6 Å². The zero-order chi connectivity index (χ0) is 15.7. The lowest BCUT2D eigenvalue weighted by Crippen LogP contribution is -2.27. The van der Waals surface area contributed by atoms with Crippen molar-refractivity contribution in [1.29, 1.82) is 0 Å². The number of benzene rings is 2. The van der Waals surface area contributed by atoms with Crippen LogP contribution in [0.15, 0.2) is 51.0 Å². The van der Waals surface area contributed by atoms with Gasteiger partial charge in [-0.05, 0) is 53.3 Å². The summed E-state index contributed by atoms with van der Waals surface area (Å²) in [6.45, 7) is 1.95. The van der Waals surface area contributed by atoms with Crippen molar-refractivity contribution >= 4 is 40.0 Å². The Morgan fingerprint density at radius 1 is 1.22 bits per heavy atom. The van der Waals surface area contributed by atoms with E-state index in [1.807, 2.05) is 6.92 Å². The topological polar surface area (TPSA) is 62.8 Å². The van der Waals surface area contributed by atoms with Gasteiger partial charge in [-0.2, -0.15) is 5.10 Å². The minimum absolute atomic E-state index is 0. The average molecular weight is 394 g/mol. The highest BCUT2D eigenvalue weighted by Gasteiger charge is 2.20. The van der Waals surface area contributed by atoms with Crippen molar-refractivity contribution in [1.82, 2.24) is 5.43 Å². The summed E-state index contributed by atoms with van der Waals surface area (Å²) in [7, 11) is 1.62. The summed E-state index contributed by atoms with van der Waals surface area (Å²) in [6.07, 6.45) is 0.956. The summed E-state index contributed by atoms with van der Waals surface area (Å²) in [6, 6.07) is 12.8.